The molecule has 2 rings (SSSR count). The lowest BCUT2D eigenvalue weighted by atomic mass is 10.2. The number of anilines is 3. The predicted molar refractivity (Wildman–Crippen MR) is 72.5 cm³/mol. The van der Waals surface area contributed by atoms with E-state index in [9.17, 15) is 0 Å². The molecule has 0 aliphatic heterocycles. The van der Waals surface area contributed by atoms with Crippen LogP contribution in [0.1, 0.15) is 5.56 Å². The molecule has 2 aromatic heterocycles. The molecule has 4 N–H and O–H groups in total. The monoisotopic (exact) mass is 249 g/mol. The van der Waals surface area contributed by atoms with E-state index in [1.54, 1.807) is 18.4 Å². The SMILES string of the molecule is CNc1cc(NCCc2ccsc2)nc(N)n1. The Bertz CT molecular complexity index is 469. The number of nitrogen functional groups attached to an aromatic ring is 1. The maximum absolute atomic E-state index is 5.60. The second-order valence-corrected chi connectivity index (χ2v) is 4.34. The zero-order chi connectivity index (χ0) is 12.1. The summed E-state index contributed by atoms with van der Waals surface area (Å²) in [6.45, 7) is 0.830. The van der Waals surface area contributed by atoms with Gasteiger partial charge < -0.3 is 16.4 Å². The van der Waals surface area contributed by atoms with E-state index < -0.39 is 0 Å². The zero-order valence-electron chi connectivity index (χ0n) is 9.60. The Morgan fingerprint density at radius 3 is 2.88 bits per heavy atom. The second-order valence-electron chi connectivity index (χ2n) is 3.55. The minimum Gasteiger partial charge on any atom is -0.373 e. The van der Waals surface area contributed by atoms with Crippen LogP contribution in [0.4, 0.5) is 17.6 Å². The van der Waals surface area contributed by atoms with E-state index in [2.05, 4.69) is 37.4 Å². The molecule has 0 saturated carbocycles. The van der Waals surface area contributed by atoms with Crippen molar-refractivity contribution in [3.05, 3.63) is 28.5 Å². The van der Waals surface area contributed by atoms with Gasteiger partial charge in [-0.15, -0.1) is 0 Å². The van der Waals surface area contributed by atoms with E-state index in [-0.39, 0.29) is 5.95 Å². The first-order valence-corrected chi connectivity index (χ1v) is 6.29. The molecule has 90 valence electrons. The molecule has 5 nitrogen and oxygen atoms in total. The molecule has 0 aliphatic rings. The standard InChI is InChI=1S/C11H15N5S/c1-13-9-6-10(16-11(12)15-9)14-4-2-8-3-5-17-7-8/h3,5-7H,2,4H2,1H3,(H4,12,13,14,15,16). The minimum atomic E-state index is 0.273. The molecule has 0 spiro atoms. The maximum Gasteiger partial charge on any atom is 0.223 e. The van der Waals surface area contributed by atoms with Crippen molar-refractivity contribution in [3.8, 4) is 0 Å². The first-order valence-electron chi connectivity index (χ1n) is 5.35. The molecule has 0 aliphatic carbocycles. The van der Waals surface area contributed by atoms with Crippen molar-refractivity contribution in [1.29, 1.82) is 0 Å². The molecule has 0 atom stereocenters. The van der Waals surface area contributed by atoms with Crippen molar-refractivity contribution in [2.75, 3.05) is 30.0 Å². The van der Waals surface area contributed by atoms with Gasteiger partial charge >= 0.3 is 0 Å². The summed E-state index contributed by atoms with van der Waals surface area (Å²) in [6.07, 6.45) is 0.974. The summed E-state index contributed by atoms with van der Waals surface area (Å²) in [5.41, 5.74) is 6.93. The van der Waals surface area contributed by atoms with Gasteiger partial charge in [-0.2, -0.15) is 21.3 Å². The topological polar surface area (TPSA) is 75.9 Å². The number of aromatic nitrogens is 2. The molecule has 17 heavy (non-hydrogen) atoms. The number of nitrogens with two attached hydrogens (primary N) is 1. The van der Waals surface area contributed by atoms with Crippen LogP contribution in [0.5, 0.6) is 0 Å². The minimum absolute atomic E-state index is 0.273. The van der Waals surface area contributed by atoms with Gasteiger partial charge in [-0.1, -0.05) is 0 Å². The normalized spacial score (nSPS) is 10.2. The predicted octanol–water partition coefficient (Wildman–Crippen LogP) is 1.82. The van der Waals surface area contributed by atoms with Crippen molar-refractivity contribution in [2.45, 2.75) is 6.42 Å². The van der Waals surface area contributed by atoms with E-state index >= 15 is 0 Å². The van der Waals surface area contributed by atoms with Gasteiger partial charge in [0.25, 0.3) is 0 Å². The van der Waals surface area contributed by atoms with Gasteiger partial charge in [0.2, 0.25) is 5.95 Å². The lowest BCUT2D eigenvalue weighted by Crippen LogP contribution is -2.08. The maximum atomic E-state index is 5.60. The summed E-state index contributed by atoms with van der Waals surface area (Å²) in [5.74, 6) is 1.74. The quantitative estimate of drug-likeness (QED) is 0.753. The van der Waals surface area contributed by atoms with Gasteiger partial charge in [0.1, 0.15) is 11.6 Å². The molecule has 2 heterocycles. The fraction of sp³-hybridized carbons (Fsp3) is 0.273. The average Bonchev–Trinajstić information content (AvgIpc) is 2.81. The zero-order valence-corrected chi connectivity index (χ0v) is 10.4. The summed E-state index contributed by atoms with van der Waals surface area (Å²) in [6, 6.07) is 3.96. The van der Waals surface area contributed by atoms with Gasteiger partial charge in [0.05, 0.1) is 0 Å². The van der Waals surface area contributed by atoms with Crippen molar-refractivity contribution >= 4 is 28.9 Å². The highest BCUT2D eigenvalue weighted by Crippen LogP contribution is 2.12. The van der Waals surface area contributed by atoms with Gasteiger partial charge in [0.15, 0.2) is 0 Å². The third-order valence-corrected chi connectivity index (χ3v) is 3.03. The van der Waals surface area contributed by atoms with Crippen molar-refractivity contribution < 1.29 is 0 Å². The van der Waals surface area contributed by atoms with E-state index in [0.717, 1.165) is 24.6 Å². The number of nitrogens with zero attached hydrogens (tertiary/aromatic N) is 2. The molecule has 6 heteroatoms. The average molecular weight is 249 g/mol. The van der Waals surface area contributed by atoms with Crippen LogP contribution in [0.25, 0.3) is 0 Å². The smallest absolute Gasteiger partial charge is 0.223 e. The third kappa shape index (κ3) is 3.32. The molecule has 0 bridgehead atoms. The summed E-state index contributed by atoms with van der Waals surface area (Å²) >= 11 is 1.71. The van der Waals surface area contributed by atoms with Crippen LogP contribution in [0.3, 0.4) is 0 Å². The van der Waals surface area contributed by atoms with Gasteiger partial charge in [-0.05, 0) is 28.8 Å². The molecule has 0 fully saturated rings. The number of rotatable bonds is 5. The summed E-state index contributed by atoms with van der Waals surface area (Å²) in [4.78, 5) is 8.15. The Labute approximate surface area is 104 Å². The van der Waals surface area contributed by atoms with Gasteiger partial charge in [-0.3, -0.25) is 0 Å². The first-order chi connectivity index (χ1) is 8.28. The lowest BCUT2D eigenvalue weighted by molar-refractivity contribution is 1.01. The second kappa shape index (κ2) is 5.49. The number of hydrogen-bond acceptors (Lipinski definition) is 6. The molecular weight excluding hydrogens is 234 g/mol. The van der Waals surface area contributed by atoms with Crippen LogP contribution in [0.2, 0.25) is 0 Å². The van der Waals surface area contributed by atoms with Crippen LogP contribution < -0.4 is 16.4 Å². The molecule has 0 radical (unpaired) electrons. The Morgan fingerprint density at radius 2 is 2.18 bits per heavy atom. The Balaban J connectivity index is 1.92. The van der Waals surface area contributed by atoms with E-state index in [4.69, 9.17) is 5.73 Å². The lowest BCUT2D eigenvalue weighted by Gasteiger charge is -2.07. The number of thiophene rings is 1. The Hall–Kier alpha value is -1.82. The number of hydrogen-bond donors (Lipinski definition) is 3. The Kier molecular flexibility index (Phi) is 3.77. The Morgan fingerprint density at radius 1 is 1.35 bits per heavy atom. The summed E-state index contributed by atoms with van der Waals surface area (Å²) in [5, 5.41) is 10.4. The first kappa shape index (κ1) is 11.7. The van der Waals surface area contributed by atoms with E-state index in [0.29, 0.717) is 0 Å². The molecule has 0 saturated heterocycles. The fourth-order valence-electron chi connectivity index (χ4n) is 1.45. The molecular formula is C11H15N5S. The van der Waals surface area contributed by atoms with Crippen molar-refractivity contribution in [2.24, 2.45) is 0 Å². The molecule has 2 aromatic rings. The van der Waals surface area contributed by atoms with Crippen LogP contribution in [0.15, 0.2) is 22.9 Å². The highest BCUT2D eigenvalue weighted by Gasteiger charge is 2.00. The van der Waals surface area contributed by atoms with E-state index in [1.165, 1.54) is 5.56 Å². The highest BCUT2D eigenvalue weighted by molar-refractivity contribution is 7.07. The van der Waals surface area contributed by atoms with Crippen molar-refractivity contribution in [1.82, 2.24) is 9.97 Å². The summed E-state index contributed by atoms with van der Waals surface area (Å²) in [7, 11) is 1.80. The van der Waals surface area contributed by atoms with Gasteiger partial charge in [0, 0.05) is 19.7 Å². The van der Waals surface area contributed by atoms with Crippen LogP contribution >= 0.6 is 11.3 Å². The largest absolute Gasteiger partial charge is 0.373 e. The highest BCUT2D eigenvalue weighted by atomic mass is 32.1. The molecule has 0 amide bonds. The fourth-order valence-corrected chi connectivity index (χ4v) is 2.16. The van der Waals surface area contributed by atoms with Crippen LogP contribution in [-0.4, -0.2) is 23.6 Å². The molecule has 0 aromatic carbocycles. The summed E-state index contributed by atoms with van der Waals surface area (Å²) < 4.78 is 0. The van der Waals surface area contributed by atoms with Gasteiger partial charge in [-0.25, -0.2) is 0 Å². The van der Waals surface area contributed by atoms with E-state index in [1.807, 2.05) is 6.07 Å². The molecule has 0 unspecified atom stereocenters. The van der Waals surface area contributed by atoms with Crippen LogP contribution in [0, 0.1) is 0 Å². The third-order valence-electron chi connectivity index (χ3n) is 2.30. The van der Waals surface area contributed by atoms with Crippen molar-refractivity contribution in [3.63, 3.8) is 0 Å². The number of nitrogens with one attached hydrogen (secondary N) is 2. The van der Waals surface area contributed by atoms with Crippen LogP contribution in [-0.2, 0) is 6.42 Å².